The van der Waals surface area contributed by atoms with Crippen LogP contribution < -0.4 is 9.46 Å². The van der Waals surface area contributed by atoms with Gasteiger partial charge in [0.1, 0.15) is 10.6 Å². The van der Waals surface area contributed by atoms with E-state index in [4.69, 9.17) is 27.9 Å². The van der Waals surface area contributed by atoms with E-state index in [0.717, 1.165) is 5.56 Å². The van der Waals surface area contributed by atoms with Gasteiger partial charge in [-0.3, -0.25) is 0 Å². The van der Waals surface area contributed by atoms with Crippen LogP contribution in [0.2, 0.25) is 10.0 Å². The molecule has 4 nitrogen and oxygen atoms in total. The molecule has 1 atom stereocenters. The molecule has 2 aromatic carbocycles. The van der Waals surface area contributed by atoms with Gasteiger partial charge in [-0.1, -0.05) is 49.2 Å². The van der Waals surface area contributed by atoms with Gasteiger partial charge < -0.3 is 4.74 Å². The second-order valence-corrected chi connectivity index (χ2v) is 8.68. The molecule has 0 bridgehead atoms. The molecule has 0 fully saturated rings. The van der Waals surface area contributed by atoms with Crippen LogP contribution >= 0.6 is 23.2 Å². The summed E-state index contributed by atoms with van der Waals surface area (Å²) in [5.41, 5.74) is 0.858. The molecule has 2 rings (SSSR count). The number of benzene rings is 2. The Hall–Kier alpha value is -1.27. The summed E-state index contributed by atoms with van der Waals surface area (Å²) < 4.78 is 33.5. The largest absolute Gasteiger partial charge is 0.497 e. The zero-order valence-corrected chi connectivity index (χ0v) is 16.6. The fraction of sp³-hybridized carbons (Fsp3) is 0.333. The number of rotatable bonds is 7. The van der Waals surface area contributed by atoms with Crippen molar-refractivity contribution in [3.63, 3.8) is 0 Å². The summed E-state index contributed by atoms with van der Waals surface area (Å²) in [6.07, 6.45) is 0.643. The zero-order valence-electron chi connectivity index (χ0n) is 14.3. The number of halogens is 2. The Labute approximate surface area is 159 Å². The summed E-state index contributed by atoms with van der Waals surface area (Å²) in [4.78, 5) is -0.0241. The van der Waals surface area contributed by atoms with Gasteiger partial charge in [0.05, 0.1) is 12.1 Å². The van der Waals surface area contributed by atoms with Crippen molar-refractivity contribution in [1.82, 2.24) is 4.72 Å². The van der Waals surface area contributed by atoms with E-state index in [-0.39, 0.29) is 16.0 Å². The van der Waals surface area contributed by atoms with Gasteiger partial charge >= 0.3 is 0 Å². The van der Waals surface area contributed by atoms with Crippen molar-refractivity contribution in [2.45, 2.75) is 31.2 Å². The molecule has 136 valence electrons. The summed E-state index contributed by atoms with van der Waals surface area (Å²) in [5, 5.41) is 0.449. The second kappa shape index (κ2) is 8.41. The fourth-order valence-corrected chi connectivity index (χ4v) is 4.49. The maximum absolute atomic E-state index is 12.8. The van der Waals surface area contributed by atoms with Crippen LogP contribution in [0.3, 0.4) is 0 Å². The van der Waals surface area contributed by atoms with Crippen LogP contribution in [0.15, 0.2) is 47.4 Å². The lowest BCUT2D eigenvalue weighted by Gasteiger charge is -2.22. The fourth-order valence-electron chi connectivity index (χ4n) is 2.49. The Bertz CT molecular complexity index is 821. The van der Waals surface area contributed by atoms with Crippen LogP contribution in [0.1, 0.15) is 31.9 Å². The standard InChI is InChI=1S/C18H21Cl2NO3S/c1-12(2)10-17(13-4-7-15(24-3)8-5-13)21-25(22,23)18-11-14(19)6-9-16(18)20/h4-9,11-12,17,21H,10H2,1-3H3/t17-/m0/s1. The quantitative estimate of drug-likeness (QED) is 0.704. The molecular weight excluding hydrogens is 381 g/mol. The van der Waals surface area contributed by atoms with Gasteiger partial charge in [-0.2, -0.15) is 0 Å². The van der Waals surface area contributed by atoms with Crippen molar-refractivity contribution in [3.8, 4) is 5.75 Å². The first kappa shape index (κ1) is 20.0. The van der Waals surface area contributed by atoms with E-state index in [2.05, 4.69) is 4.72 Å². The average molecular weight is 402 g/mol. The lowest BCUT2D eigenvalue weighted by molar-refractivity contribution is 0.414. The molecule has 0 aliphatic rings. The minimum Gasteiger partial charge on any atom is -0.497 e. The molecule has 0 amide bonds. The predicted molar refractivity (Wildman–Crippen MR) is 102 cm³/mol. The number of hydrogen-bond acceptors (Lipinski definition) is 3. The molecule has 0 saturated heterocycles. The number of nitrogens with one attached hydrogen (secondary N) is 1. The van der Waals surface area contributed by atoms with Crippen molar-refractivity contribution in [1.29, 1.82) is 0 Å². The molecule has 0 aromatic heterocycles. The summed E-state index contributed by atoms with van der Waals surface area (Å²) in [7, 11) is -2.23. The van der Waals surface area contributed by atoms with Crippen molar-refractivity contribution >= 4 is 33.2 Å². The molecule has 25 heavy (non-hydrogen) atoms. The van der Waals surface area contributed by atoms with E-state index < -0.39 is 10.0 Å². The smallest absolute Gasteiger partial charge is 0.242 e. The molecular formula is C18H21Cl2NO3S. The Morgan fingerprint density at radius 3 is 2.28 bits per heavy atom. The number of methoxy groups -OCH3 is 1. The van der Waals surface area contributed by atoms with E-state index in [1.807, 2.05) is 38.1 Å². The number of ether oxygens (including phenoxy) is 1. The van der Waals surface area contributed by atoms with Gasteiger partial charge in [0.25, 0.3) is 0 Å². The first-order chi connectivity index (χ1) is 11.7. The molecule has 0 spiro atoms. The van der Waals surface area contributed by atoms with Crippen molar-refractivity contribution < 1.29 is 13.2 Å². The van der Waals surface area contributed by atoms with Crippen LogP contribution in [0.25, 0.3) is 0 Å². The van der Waals surface area contributed by atoms with Crippen molar-refractivity contribution in [2.75, 3.05) is 7.11 Å². The van der Waals surface area contributed by atoms with Gasteiger partial charge in [0.15, 0.2) is 0 Å². The summed E-state index contributed by atoms with van der Waals surface area (Å²) in [6, 6.07) is 11.3. The van der Waals surface area contributed by atoms with Crippen LogP contribution in [-0.4, -0.2) is 15.5 Å². The van der Waals surface area contributed by atoms with Crippen molar-refractivity contribution in [2.24, 2.45) is 5.92 Å². The molecule has 2 aromatic rings. The molecule has 1 N–H and O–H groups in total. The first-order valence-corrected chi connectivity index (χ1v) is 10.1. The maximum atomic E-state index is 12.8. The summed E-state index contributed by atoms with van der Waals surface area (Å²) in [5.74, 6) is 1.01. The molecule has 0 aliphatic heterocycles. The Balaban J connectivity index is 2.36. The average Bonchev–Trinajstić information content (AvgIpc) is 2.56. The topological polar surface area (TPSA) is 55.4 Å². The van der Waals surface area contributed by atoms with E-state index in [0.29, 0.717) is 23.1 Å². The molecule has 7 heteroatoms. The minimum atomic E-state index is -3.82. The Morgan fingerprint density at radius 1 is 1.08 bits per heavy atom. The van der Waals surface area contributed by atoms with Gasteiger partial charge in [0, 0.05) is 11.1 Å². The summed E-state index contributed by atoms with van der Waals surface area (Å²) in [6.45, 7) is 4.08. The number of hydrogen-bond donors (Lipinski definition) is 1. The molecule has 0 unspecified atom stereocenters. The highest BCUT2D eigenvalue weighted by atomic mass is 35.5. The third-order valence-corrected chi connectivity index (χ3v) is 5.89. The van der Waals surface area contributed by atoms with Crippen LogP contribution in [-0.2, 0) is 10.0 Å². The monoisotopic (exact) mass is 401 g/mol. The second-order valence-electron chi connectivity index (χ2n) is 6.15. The van der Waals surface area contributed by atoms with Gasteiger partial charge in [-0.25, -0.2) is 13.1 Å². The van der Waals surface area contributed by atoms with E-state index >= 15 is 0 Å². The Morgan fingerprint density at radius 2 is 1.72 bits per heavy atom. The van der Waals surface area contributed by atoms with Crippen molar-refractivity contribution in [3.05, 3.63) is 58.1 Å². The van der Waals surface area contributed by atoms with Gasteiger partial charge in [0.2, 0.25) is 10.0 Å². The third-order valence-electron chi connectivity index (χ3n) is 3.71. The van der Waals surface area contributed by atoms with Gasteiger partial charge in [-0.15, -0.1) is 0 Å². The van der Waals surface area contributed by atoms with E-state index in [1.165, 1.54) is 12.1 Å². The highest BCUT2D eigenvalue weighted by molar-refractivity contribution is 7.89. The van der Waals surface area contributed by atoms with Crippen LogP contribution in [0.5, 0.6) is 5.75 Å². The molecule has 0 saturated carbocycles. The zero-order chi connectivity index (χ0) is 18.6. The first-order valence-electron chi connectivity index (χ1n) is 7.84. The SMILES string of the molecule is COc1ccc([C@H](CC(C)C)NS(=O)(=O)c2cc(Cl)ccc2Cl)cc1. The van der Waals surface area contributed by atoms with E-state index in [9.17, 15) is 8.42 Å². The highest BCUT2D eigenvalue weighted by Gasteiger charge is 2.24. The van der Waals surface area contributed by atoms with Gasteiger partial charge in [-0.05, 0) is 48.2 Å². The van der Waals surface area contributed by atoms with Crippen LogP contribution in [0, 0.1) is 5.92 Å². The minimum absolute atomic E-state index is 0.0241. The molecule has 0 radical (unpaired) electrons. The predicted octanol–water partition coefficient (Wildman–Crippen LogP) is 5.07. The molecule has 0 heterocycles. The third kappa shape index (κ3) is 5.35. The maximum Gasteiger partial charge on any atom is 0.242 e. The number of sulfonamides is 1. The van der Waals surface area contributed by atoms with Crippen LogP contribution in [0.4, 0.5) is 0 Å². The van der Waals surface area contributed by atoms with E-state index in [1.54, 1.807) is 13.2 Å². The normalized spacial score (nSPS) is 13.0. The summed E-state index contributed by atoms with van der Waals surface area (Å²) >= 11 is 12.0. The molecule has 0 aliphatic carbocycles. The highest BCUT2D eigenvalue weighted by Crippen LogP contribution is 2.29. The Kier molecular flexibility index (Phi) is 6.74. The lowest BCUT2D eigenvalue weighted by Crippen LogP contribution is -2.30. The lowest BCUT2D eigenvalue weighted by atomic mass is 9.98.